The number of benzene rings is 1. The Morgan fingerprint density at radius 1 is 1.30 bits per heavy atom. The largest absolute Gasteiger partial charge is 0.461 e. The first-order chi connectivity index (χ1) is 14.0. The third-order valence-electron chi connectivity index (χ3n) is 4.47. The van der Waals surface area contributed by atoms with Crippen LogP contribution in [0.2, 0.25) is 0 Å². The number of carbonyl (C=O) groups excluding carboxylic acids is 1. The zero-order chi connectivity index (χ0) is 22.5. The summed E-state index contributed by atoms with van der Waals surface area (Å²) in [6, 6.07) is 6.25. The van der Waals surface area contributed by atoms with Gasteiger partial charge in [0.05, 0.1) is 11.9 Å². The fourth-order valence-corrected chi connectivity index (χ4v) is 3.84. The summed E-state index contributed by atoms with van der Waals surface area (Å²) in [6.07, 6.45) is 1.18. The van der Waals surface area contributed by atoms with Crippen LogP contribution in [0.15, 0.2) is 41.5 Å². The minimum absolute atomic E-state index is 0.00719. The van der Waals surface area contributed by atoms with E-state index < -0.39 is 38.9 Å². The zero-order valence-electron chi connectivity index (χ0n) is 16.6. The van der Waals surface area contributed by atoms with Gasteiger partial charge in [0, 0.05) is 18.3 Å². The van der Waals surface area contributed by atoms with E-state index in [2.05, 4.69) is 20.0 Å². The smallest absolute Gasteiger partial charge is 0.274 e. The first kappa shape index (κ1) is 23.2. The lowest BCUT2D eigenvalue weighted by atomic mass is 10.2. The minimum atomic E-state index is -3.92. The van der Waals surface area contributed by atoms with E-state index in [0.29, 0.717) is 0 Å². The number of amidine groups is 1. The number of aromatic nitrogens is 1. The summed E-state index contributed by atoms with van der Waals surface area (Å²) in [7, 11) is -2.55. The fraction of sp³-hybridized carbons (Fsp3) is 0.316. The van der Waals surface area contributed by atoms with Crippen LogP contribution >= 0.6 is 0 Å². The van der Waals surface area contributed by atoms with Crippen molar-refractivity contribution < 1.29 is 26.7 Å². The van der Waals surface area contributed by atoms with Crippen LogP contribution in [0.5, 0.6) is 5.75 Å². The van der Waals surface area contributed by atoms with Crippen molar-refractivity contribution in [3.05, 3.63) is 53.6 Å². The number of nitrogens with two attached hydrogens (primary N) is 1. The Hall–Kier alpha value is -3.08. The Balaban J connectivity index is 2.23. The molecule has 1 aromatic carbocycles. The van der Waals surface area contributed by atoms with Crippen molar-refractivity contribution in [1.82, 2.24) is 4.98 Å². The lowest BCUT2D eigenvalue weighted by Crippen LogP contribution is -2.46. The maximum atomic E-state index is 14.3. The van der Waals surface area contributed by atoms with Crippen molar-refractivity contribution >= 4 is 27.3 Å². The van der Waals surface area contributed by atoms with E-state index in [9.17, 15) is 22.0 Å². The molecule has 0 fully saturated rings. The number of ether oxygens (including phenoxy) is 1. The quantitative estimate of drug-likeness (QED) is 0.480. The number of nitrogens with zero attached hydrogens (tertiary/aromatic N) is 2. The fourth-order valence-electron chi connectivity index (χ4n) is 2.43. The molecule has 2 rings (SSSR count). The molecular weight excluding hydrogens is 418 g/mol. The number of pyridine rings is 1. The van der Waals surface area contributed by atoms with E-state index in [0.717, 1.165) is 6.07 Å². The zero-order valence-corrected chi connectivity index (χ0v) is 17.5. The van der Waals surface area contributed by atoms with Crippen molar-refractivity contribution in [2.75, 3.05) is 19.2 Å². The maximum absolute atomic E-state index is 14.3. The number of carbonyl (C=O) groups is 1. The van der Waals surface area contributed by atoms with Crippen LogP contribution in [0.3, 0.4) is 0 Å². The number of aliphatic imine (C=N–C) groups is 1. The molecule has 0 atom stereocenters. The van der Waals surface area contributed by atoms with Gasteiger partial charge in [-0.2, -0.15) is 0 Å². The number of hydrogen-bond donors (Lipinski definition) is 2. The van der Waals surface area contributed by atoms with Crippen LogP contribution in [0, 0.1) is 5.82 Å². The topological polar surface area (TPSA) is 124 Å². The second-order valence-corrected chi connectivity index (χ2v) is 9.31. The molecule has 0 aliphatic carbocycles. The van der Waals surface area contributed by atoms with Gasteiger partial charge in [-0.1, -0.05) is 0 Å². The first-order valence-corrected chi connectivity index (χ1v) is 10.4. The summed E-state index contributed by atoms with van der Waals surface area (Å²) in [4.78, 5) is 19.9. The van der Waals surface area contributed by atoms with Gasteiger partial charge < -0.3 is 15.8 Å². The number of amides is 1. The number of rotatable bonds is 8. The van der Waals surface area contributed by atoms with Gasteiger partial charge in [-0.25, -0.2) is 22.2 Å². The van der Waals surface area contributed by atoms with E-state index >= 15 is 0 Å². The SMILES string of the molecule is CN=C(N)C(C)(C)S(=O)(=O)Cc1cc(NC(=O)c2ccc(OCF)cn2)ccc1F. The highest BCUT2D eigenvalue weighted by atomic mass is 32.2. The predicted octanol–water partition coefficient (Wildman–Crippen LogP) is 2.46. The van der Waals surface area contributed by atoms with Crippen molar-refractivity contribution in [3.8, 4) is 5.75 Å². The Morgan fingerprint density at radius 3 is 2.57 bits per heavy atom. The molecule has 30 heavy (non-hydrogen) atoms. The van der Waals surface area contributed by atoms with Crippen molar-refractivity contribution in [2.45, 2.75) is 24.3 Å². The first-order valence-electron chi connectivity index (χ1n) is 8.71. The van der Waals surface area contributed by atoms with Crippen LogP contribution in [0.1, 0.15) is 29.9 Å². The van der Waals surface area contributed by atoms with Gasteiger partial charge in [0.25, 0.3) is 5.91 Å². The van der Waals surface area contributed by atoms with Crippen molar-refractivity contribution in [2.24, 2.45) is 10.7 Å². The Kier molecular flexibility index (Phi) is 7.08. The summed E-state index contributed by atoms with van der Waals surface area (Å²) in [6.45, 7) is 1.74. The molecule has 162 valence electrons. The lowest BCUT2D eigenvalue weighted by molar-refractivity contribution is 0.102. The Morgan fingerprint density at radius 2 is 2.00 bits per heavy atom. The summed E-state index contributed by atoms with van der Waals surface area (Å²) >= 11 is 0. The monoisotopic (exact) mass is 440 g/mol. The minimum Gasteiger partial charge on any atom is -0.461 e. The third-order valence-corrected chi connectivity index (χ3v) is 6.93. The maximum Gasteiger partial charge on any atom is 0.274 e. The summed E-state index contributed by atoms with van der Waals surface area (Å²) in [5, 5.41) is 2.51. The lowest BCUT2D eigenvalue weighted by Gasteiger charge is -2.24. The van der Waals surface area contributed by atoms with Crippen molar-refractivity contribution in [3.63, 3.8) is 0 Å². The molecule has 0 unspecified atom stereocenters. The second kappa shape index (κ2) is 9.16. The number of nitrogens with one attached hydrogen (secondary N) is 1. The molecule has 0 bridgehead atoms. The Bertz CT molecular complexity index is 1050. The van der Waals surface area contributed by atoms with Crippen LogP contribution in [0.4, 0.5) is 14.5 Å². The molecule has 0 saturated carbocycles. The van der Waals surface area contributed by atoms with Crippen LogP contribution in [0.25, 0.3) is 0 Å². The third kappa shape index (κ3) is 5.09. The normalized spacial score (nSPS) is 12.5. The molecule has 0 saturated heterocycles. The van der Waals surface area contributed by atoms with Gasteiger partial charge in [0.2, 0.25) is 6.86 Å². The molecule has 0 radical (unpaired) electrons. The van der Waals surface area contributed by atoms with Crippen molar-refractivity contribution in [1.29, 1.82) is 0 Å². The summed E-state index contributed by atoms with van der Waals surface area (Å²) in [5.41, 5.74) is 5.75. The van der Waals surface area contributed by atoms with Gasteiger partial charge in [-0.3, -0.25) is 9.79 Å². The number of anilines is 1. The van der Waals surface area contributed by atoms with Gasteiger partial charge >= 0.3 is 0 Å². The average Bonchev–Trinajstić information content (AvgIpc) is 2.70. The van der Waals surface area contributed by atoms with E-state index in [1.54, 1.807) is 0 Å². The number of sulfone groups is 1. The summed E-state index contributed by atoms with van der Waals surface area (Å²) < 4.78 is 55.0. The molecule has 11 heteroatoms. The molecular formula is C19H22F2N4O4S. The molecule has 3 N–H and O–H groups in total. The molecule has 2 aromatic rings. The van der Waals surface area contributed by atoms with E-state index in [4.69, 9.17) is 5.73 Å². The average molecular weight is 440 g/mol. The highest BCUT2D eigenvalue weighted by Gasteiger charge is 2.38. The highest BCUT2D eigenvalue weighted by Crippen LogP contribution is 2.25. The molecule has 8 nitrogen and oxygen atoms in total. The van der Waals surface area contributed by atoms with Gasteiger partial charge in [0.1, 0.15) is 27.8 Å². The number of halogens is 2. The van der Waals surface area contributed by atoms with E-state index in [1.807, 2.05) is 0 Å². The number of hydrogen-bond acceptors (Lipinski definition) is 6. The molecule has 0 spiro atoms. The Labute approximate surface area is 173 Å². The van der Waals surface area contributed by atoms with Gasteiger partial charge in [-0.15, -0.1) is 0 Å². The standard InChI is InChI=1S/C19H22F2N4O4S/c1-19(2,18(22)23-3)30(27,28)10-12-8-13(4-6-15(12)21)25-17(26)16-7-5-14(9-24-16)29-11-20/h4-9H,10-11H2,1-3H3,(H2,22,23)(H,25,26). The molecule has 1 aromatic heterocycles. The predicted molar refractivity (Wildman–Crippen MR) is 109 cm³/mol. The molecule has 0 aliphatic heterocycles. The van der Waals surface area contributed by atoms with Gasteiger partial charge in [-0.05, 0) is 44.2 Å². The van der Waals surface area contributed by atoms with Crippen LogP contribution in [-0.4, -0.2) is 43.8 Å². The molecule has 0 aliphatic rings. The number of alkyl halides is 1. The highest BCUT2D eigenvalue weighted by molar-refractivity contribution is 7.92. The molecule has 1 amide bonds. The van der Waals surface area contributed by atoms with E-state index in [1.165, 1.54) is 51.4 Å². The van der Waals surface area contributed by atoms with E-state index in [-0.39, 0.29) is 28.5 Å². The van der Waals surface area contributed by atoms with Gasteiger partial charge in [0.15, 0.2) is 9.84 Å². The van der Waals surface area contributed by atoms with Crippen LogP contribution < -0.4 is 15.8 Å². The molecule has 1 heterocycles. The summed E-state index contributed by atoms with van der Waals surface area (Å²) in [5.74, 6) is -1.95. The second-order valence-electron chi connectivity index (χ2n) is 6.77. The van der Waals surface area contributed by atoms with Crippen LogP contribution in [-0.2, 0) is 15.6 Å².